The molecule has 1 aliphatic rings. The SMILES string of the molecule is CCCOc1cccc(C2/C(=C(\O)c3ccc(OC)c(Br)c3)C(=O)C(=O)N2c2ccc(C#N)cc2)c1. The summed E-state index contributed by atoms with van der Waals surface area (Å²) < 4.78 is 11.6. The van der Waals surface area contributed by atoms with Crippen molar-refractivity contribution in [3.8, 4) is 17.6 Å². The first-order chi connectivity index (χ1) is 17.4. The summed E-state index contributed by atoms with van der Waals surface area (Å²) in [5.41, 5.74) is 1.75. The zero-order chi connectivity index (χ0) is 25.8. The number of rotatable bonds is 7. The van der Waals surface area contributed by atoms with E-state index in [9.17, 15) is 14.7 Å². The molecule has 0 aliphatic carbocycles. The molecule has 0 spiro atoms. The van der Waals surface area contributed by atoms with Crippen molar-refractivity contribution in [2.75, 3.05) is 18.6 Å². The molecule has 1 aliphatic heterocycles. The van der Waals surface area contributed by atoms with Gasteiger partial charge in [-0.25, -0.2) is 0 Å². The Balaban J connectivity index is 1.91. The first-order valence-electron chi connectivity index (χ1n) is 11.3. The fourth-order valence-corrected chi connectivity index (χ4v) is 4.61. The Bertz CT molecular complexity index is 1390. The van der Waals surface area contributed by atoms with Crippen LogP contribution in [0.4, 0.5) is 5.69 Å². The van der Waals surface area contributed by atoms with Crippen molar-refractivity contribution in [2.45, 2.75) is 19.4 Å². The lowest BCUT2D eigenvalue weighted by Gasteiger charge is -2.26. The summed E-state index contributed by atoms with van der Waals surface area (Å²) in [5.74, 6) is -0.751. The third kappa shape index (κ3) is 4.70. The van der Waals surface area contributed by atoms with E-state index in [2.05, 4.69) is 15.9 Å². The lowest BCUT2D eigenvalue weighted by molar-refractivity contribution is -0.132. The Morgan fingerprint density at radius 1 is 1.11 bits per heavy atom. The fraction of sp³-hybridized carbons (Fsp3) is 0.179. The van der Waals surface area contributed by atoms with Crippen LogP contribution in [0, 0.1) is 11.3 Å². The third-order valence-corrected chi connectivity index (χ3v) is 6.41. The number of nitrogens with zero attached hydrogens (tertiary/aromatic N) is 2. The van der Waals surface area contributed by atoms with Crippen LogP contribution in [0.1, 0.15) is 36.1 Å². The lowest BCUT2D eigenvalue weighted by atomic mass is 9.95. The topological polar surface area (TPSA) is 99.9 Å². The van der Waals surface area contributed by atoms with Crippen LogP contribution in [0.25, 0.3) is 5.76 Å². The minimum Gasteiger partial charge on any atom is -0.507 e. The van der Waals surface area contributed by atoms with E-state index in [-0.39, 0.29) is 11.3 Å². The van der Waals surface area contributed by atoms with Gasteiger partial charge >= 0.3 is 0 Å². The normalized spacial score (nSPS) is 16.6. The molecule has 3 aromatic rings. The number of carbonyl (C=O) groups excluding carboxylic acids is 2. The Morgan fingerprint density at radius 3 is 2.50 bits per heavy atom. The van der Waals surface area contributed by atoms with Gasteiger partial charge in [0.15, 0.2) is 0 Å². The van der Waals surface area contributed by atoms with Crippen molar-refractivity contribution in [1.82, 2.24) is 0 Å². The molecule has 1 amide bonds. The second-order valence-corrected chi connectivity index (χ2v) is 8.95. The Hall–Kier alpha value is -4.09. The van der Waals surface area contributed by atoms with Gasteiger partial charge in [0.25, 0.3) is 11.7 Å². The Kier molecular flexibility index (Phi) is 7.41. The smallest absolute Gasteiger partial charge is 0.300 e. The van der Waals surface area contributed by atoms with Gasteiger partial charge in [-0.3, -0.25) is 14.5 Å². The number of methoxy groups -OCH3 is 1. The number of ketones is 1. The maximum absolute atomic E-state index is 13.3. The quantitative estimate of drug-likeness (QED) is 0.230. The molecule has 0 radical (unpaired) electrons. The summed E-state index contributed by atoms with van der Waals surface area (Å²) >= 11 is 3.40. The van der Waals surface area contributed by atoms with E-state index in [1.54, 1.807) is 66.7 Å². The Morgan fingerprint density at radius 2 is 1.86 bits per heavy atom. The molecule has 0 aromatic heterocycles. The summed E-state index contributed by atoms with van der Waals surface area (Å²) in [4.78, 5) is 28.0. The number of anilines is 1. The maximum Gasteiger partial charge on any atom is 0.300 e. The average molecular weight is 547 g/mol. The van der Waals surface area contributed by atoms with Crippen LogP contribution in [-0.4, -0.2) is 30.5 Å². The standard InChI is InChI=1S/C28H23BrN2O5/c1-3-13-36-21-6-4-5-18(14-21)25-24(26(32)19-9-12-23(35-2)22(29)15-19)27(33)28(34)31(25)20-10-7-17(16-30)8-11-20/h4-12,14-15,25,32H,3,13H2,1-2H3/b26-24+. The third-order valence-electron chi connectivity index (χ3n) is 5.79. The summed E-state index contributed by atoms with van der Waals surface area (Å²) in [7, 11) is 1.52. The second-order valence-electron chi connectivity index (χ2n) is 8.10. The lowest BCUT2D eigenvalue weighted by Crippen LogP contribution is -2.29. The Labute approximate surface area is 217 Å². The monoisotopic (exact) mass is 546 g/mol. The van der Waals surface area contributed by atoms with Gasteiger partial charge in [0.05, 0.1) is 41.4 Å². The molecule has 1 atom stereocenters. The van der Waals surface area contributed by atoms with Crippen molar-refractivity contribution < 1.29 is 24.2 Å². The van der Waals surface area contributed by atoms with Crippen LogP contribution in [0.15, 0.2) is 76.8 Å². The molecule has 4 rings (SSSR count). The molecule has 1 N–H and O–H groups in total. The second kappa shape index (κ2) is 10.7. The fourth-order valence-electron chi connectivity index (χ4n) is 4.07. The first-order valence-corrected chi connectivity index (χ1v) is 12.1. The largest absolute Gasteiger partial charge is 0.507 e. The number of halogens is 1. The van der Waals surface area contributed by atoms with Gasteiger partial charge in [-0.2, -0.15) is 5.26 Å². The van der Waals surface area contributed by atoms with Crippen LogP contribution in [0.3, 0.4) is 0 Å². The molecule has 7 nitrogen and oxygen atoms in total. The van der Waals surface area contributed by atoms with Gasteiger partial charge in [0.1, 0.15) is 17.3 Å². The number of benzene rings is 3. The number of amides is 1. The number of hydrogen-bond donors (Lipinski definition) is 1. The number of carbonyl (C=O) groups is 2. The van der Waals surface area contributed by atoms with Crippen LogP contribution >= 0.6 is 15.9 Å². The molecule has 1 unspecified atom stereocenters. The summed E-state index contributed by atoms with van der Waals surface area (Å²) in [6.45, 7) is 2.51. The van der Waals surface area contributed by atoms with Gasteiger partial charge in [0.2, 0.25) is 0 Å². The maximum atomic E-state index is 13.3. The molecule has 0 bridgehead atoms. The molecule has 1 heterocycles. The van der Waals surface area contributed by atoms with Gasteiger partial charge in [-0.05, 0) is 82.5 Å². The van der Waals surface area contributed by atoms with Gasteiger partial charge in [-0.15, -0.1) is 0 Å². The van der Waals surface area contributed by atoms with Gasteiger partial charge in [-0.1, -0.05) is 19.1 Å². The predicted octanol–water partition coefficient (Wildman–Crippen LogP) is 5.74. The highest BCUT2D eigenvalue weighted by molar-refractivity contribution is 9.10. The summed E-state index contributed by atoms with van der Waals surface area (Å²) in [6, 6.07) is 19.5. The molecule has 182 valence electrons. The van der Waals surface area contributed by atoms with E-state index >= 15 is 0 Å². The summed E-state index contributed by atoms with van der Waals surface area (Å²) in [6.07, 6.45) is 0.820. The van der Waals surface area contributed by atoms with E-state index in [0.29, 0.717) is 45.0 Å². The average Bonchev–Trinajstić information content (AvgIpc) is 3.17. The van der Waals surface area contributed by atoms with E-state index in [0.717, 1.165) is 6.42 Å². The highest BCUT2D eigenvalue weighted by Gasteiger charge is 2.47. The number of hydrogen-bond acceptors (Lipinski definition) is 6. The van der Waals surface area contributed by atoms with E-state index in [1.807, 2.05) is 13.0 Å². The molecular weight excluding hydrogens is 524 g/mol. The highest BCUT2D eigenvalue weighted by Crippen LogP contribution is 2.43. The summed E-state index contributed by atoms with van der Waals surface area (Å²) in [5, 5.41) is 20.5. The van der Waals surface area contributed by atoms with Crippen LogP contribution in [-0.2, 0) is 9.59 Å². The van der Waals surface area contributed by atoms with Crippen molar-refractivity contribution in [2.24, 2.45) is 0 Å². The molecule has 1 fully saturated rings. The molecule has 0 saturated carbocycles. The zero-order valence-electron chi connectivity index (χ0n) is 19.7. The first kappa shape index (κ1) is 25.0. The number of aliphatic hydroxyl groups excluding tert-OH is 1. The van der Waals surface area contributed by atoms with Gasteiger partial charge in [0, 0.05) is 11.3 Å². The zero-order valence-corrected chi connectivity index (χ0v) is 21.3. The van der Waals surface area contributed by atoms with Crippen molar-refractivity contribution in [3.63, 3.8) is 0 Å². The number of Topliss-reactive ketones (excluding diaryl/α,β-unsaturated/α-hetero) is 1. The molecule has 3 aromatic carbocycles. The van der Waals surface area contributed by atoms with Crippen LogP contribution in [0.5, 0.6) is 11.5 Å². The highest BCUT2D eigenvalue weighted by atomic mass is 79.9. The number of nitriles is 1. The number of aliphatic hydroxyl groups is 1. The van der Waals surface area contributed by atoms with Crippen LogP contribution < -0.4 is 14.4 Å². The minimum atomic E-state index is -0.913. The molecule has 8 heteroatoms. The van der Waals surface area contributed by atoms with Crippen molar-refractivity contribution >= 4 is 39.1 Å². The van der Waals surface area contributed by atoms with Crippen molar-refractivity contribution in [1.29, 1.82) is 5.26 Å². The van der Waals surface area contributed by atoms with E-state index < -0.39 is 17.7 Å². The van der Waals surface area contributed by atoms with E-state index in [4.69, 9.17) is 14.7 Å². The van der Waals surface area contributed by atoms with Crippen LogP contribution in [0.2, 0.25) is 0 Å². The number of ether oxygens (including phenoxy) is 2. The molecule has 1 saturated heterocycles. The molecule has 36 heavy (non-hydrogen) atoms. The molecular formula is C28H23BrN2O5. The predicted molar refractivity (Wildman–Crippen MR) is 139 cm³/mol. The van der Waals surface area contributed by atoms with Gasteiger partial charge < -0.3 is 14.6 Å². The van der Waals surface area contributed by atoms with E-state index in [1.165, 1.54) is 12.0 Å². The van der Waals surface area contributed by atoms with Crippen molar-refractivity contribution in [3.05, 3.63) is 93.5 Å². The minimum absolute atomic E-state index is 0.0472.